The van der Waals surface area contributed by atoms with Crippen molar-refractivity contribution in [3.63, 3.8) is 0 Å². The van der Waals surface area contributed by atoms with Crippen LogP contribution in [0.5, 0.6) is 0 Å². The number of alkyl halides is 5. The zero-order chi connectivity index (χ0) is 21.4. The van der Waals surface area contributed by atoms with Gasteiger partial charge >= 0.3 is 6.18 Å². The number of amides is 1. The Morgan fingerprint density at radius 2 is 1.79 bits per heavy atom. The Labute approximate surface area is 164 Å². The first-order valence-corrected chi connectivity index (χ1v) is 9.05. The standard InChI is InChI=1S/C20H20F5N3O/c1-12-9-15(18(29)27-14-3-6-26-13(2)10-14)17(11-16(12)20(23,24)25)28-7-4-19(21,22)5-8-28/h3,6,9-11H,4-5,7-8H2,1-2H3,(H,26,27,29). The highest BCUT2D eigenvalue weighted by Gasteiger charge is 2.38. The van der Waals surface area contributed by atoms with Crippen molar-refractivity contribution < 1.29 is 26.7 Å². The van der Waals surface area contributed by atoms with Gasteiger partial charge in [0.2, 0.25) is 0 Å². The van der Waals surface area contributed by atoms with Crippen molar-refractivity contribution in [2.45, 2.75) is 38.8 Å². The van der Waals surface area contributed by atoms with Gasteiger partial charge in [-0.15, -0.1) is 0 Å². The van der Waals surface area contributed by atoms with E-state index in [2.05, 4.69) is 10.3 Å². The van der Waals surface area contributed by atoms with Crippen molar-refractivity contribution in [1.82, 2.24) is 4.98 Å². The number of piperidine rings is 1. The van der Waals surface area contributed by atoms with Crippen LogP contribution in [0.3, 0.4) is 0 Å². The third-order valence-electron chi connectivity index (χ3n) is 4.88. The van der Waals surface area contributed by atoms with Gasteiger partial charge < -0.3 is 10.2 Å². The normalized spacial score (nSPS) is 16.6. The quantitative estimate of drug-likeness (QED) is 0.703. The molecule has 1 N–H and O–H groups in total. The molecule has 29 heavy (non-hydrogen) atoms. The monoisotopic (exact) mass is 413 g/mol. The maximum Gasteiger partial charge on any atom is 0.416 e. The van der Waals surface area contributed by atoms with Crippen LogP contribution in [0.25, 0.3) is 0 Å². The molecule has 1 aliphatic rings. The number of carbonyl (C=O) groups is 1. The Bertz CT molecular complexity index is 917. The molecule has 1 aliphatic heterocycles. The van der Waals surface area contributed by atoms with Crippen LogP contribution in [0.2, 0.25) is 0 Å². The zero-order valence-electron chi connectivity index (χ0n) is 15.9. The zero-order valence-corrected chi connectivity index (χ0v) is 15.9. The van der Waals surface area contributed by atoms with Crippen molar-refractivity contribution in [2.75, 3.05) is 23.3 Å². The van der Waals surface area contributed by atoms with Gasteiger partial charge in [0, 0.05) is 43.5 Å². The minimum Gasteiger partial charge on any atom is -0.370 e. The smallest absolute Gasteiger partial charge is 0.370 e. The van der Waals surface area contributed by atoms with E-state index in [0.29, 0.717) is 11.4 Å². The van der Waals surface area contributed by atoms with Gasteiger partial charge in [-0.1, -0.05) is 0 Å². The van der Waals surface area contributed by atoms with Gasteiger partial charge in [0.1, 0.15) is 0 Å². The molecule has 0 atom stereocenters. The molecule has 4 nitrogen and oxygen atoms in total. The molecule has 0 radical (unpaired) electrons. The van der Waals surface area contributed by atoms with E-state index in [4.69, 9.17) is 0 Å². The molecule has 2 aromatic rings. The van der Waals surface area contributed by atoms with Gasteiger partial charge in [0.05, 0.1) is 16.8 Å². The Hall–Kier alpha value is -2.71. The van der Waals surface area contributed by atoms with Crippen molar-refractivity contribution in [3.05, 3.63) is 52.8 Å². The van der Waals surface area contributed by atoms with E-state index in [9.17, 15) is 26.7 Å². The van der Waals surface area contributed by atoms with Gasteiger partial charge in [-0.05, 0) is 43.7 Å². The summed E-state index contributed by atoms with van der Waals surface area (Å²) in [5.41, 5.74) is 0.110. The van der Waals surface area contributed by atoms with Crippen LogP contribution in [0.4, 0.5) is 33.3 Å². The summed E-state index contributed by atoms with van der Waals surface area (Å²) in [4.78, 5) is 18.3. The molecule has 0 unspecified atom stereocenters. The molecule has 1 fully saturated rings. The summed E-state index contributed by atoms with van der Waals surface area (Å²) >= 11 is 0. The second-order valence-corrected chi connectivity index (χ2v) is 7.17. The topological polar surface area (TPSA) is 45.2 Å². The maximum atomic E-state index is 13.5. The Balaban J connectivity index is 2.00. The van der Waals surface area contributed by atoms with Crippen molar-refractivity contribution in [2.24, 2.45) is 0 Å². The molecule has 1 aromatic heterocycles. The van der Waals surface area contributed by atoms with E-state index < -0.39 is 36.4 Å². The van der Waals surface area contributed by atoms with Crippen LogP contribution in [-0.2, 0) is 6.18 Å². The summed E-state index contributed by atoms with van der Waals surface area (Å²) in [6.07, 6.45) is -4.08. The molecule has 0 spiro atoms. The minimum absolute atomic E-state index is 0.00158. The molecule has 0 saturated carbocycles. The number of aromatic nitrogens is 1. The van der Waals surface area contributed by atoms with E-state index in [1.54, 1.807) is 19.1 Å². The lowest BCUT2D eigenvalue weighted by molar-refractivity contribution is -0.138. The second-order valence-electron chi connectivity index (χ2n) is 7.17. The van der Waals surface area contributed by atoms with Crippen LogP contribution >= 0.6 is 0 Å². The summed E-state index contributed by atoms with van der Waals surface area (Å²) in [6.45, 7) is 2.73. The fraction of sp³-hybridized carbons (Fsp3) is 0.400. The highest BCUT2D eigenvalue weighted by atomic mass is 19.4. The molecular formula is C20H20F5N3O. The number of halogens is 5. The fourth-order valence-corrected chi connectivity index (χ4v) is 3.34. The van der Waals surface area contributed by atoms with Crippen LogP contribution in [-0.4, -0.2) is 29.9 Å². The highest BCUT2D eigenvalue weighted by molar-refractivity contribution is 6.08. The van der Waals surface area contributed by atoms with Crippen molar-refractivity contribution in [3.8, 4) is 0 Å². The summed E-state index contributed by atoms with van der Waals surface area (Å²) in [5, 5.41) is 2.65. The third-order valence-corrected chi connectivity index (χ3v) is 4.88. The largest absolute Gasteiger partial charge is 0.416 e. The summed E-state index contributed by atoms with van der Waals surface area (Å²) in [5.74, 6) is -3.47. The first-order valence-electron chi connectivity index (χ1n) is 9.05. The van der Waals surface area contributed by atoms with Gasteiger partial charge in [0.15, 0.2) is 0 Å². The molecule has 0 bridgehead atoms. The van der Waals surface area contributed by atoms with Crippen molar-refractivity contribution in [1.29, 1.82) is 0 Å². The summed E-state index contributed by atoms with van der Waals surface area (Å²) in [6, 6.07) is 5.22. The van der Waals surface area contributed by atoms with Gasteiger partial charge in [0.25, 0.3) is 11.8 Å². The van der Waals surface area contributed by atoms with Gasteiger partial charge in [-0.3, -0.25) is 9.78 Å². The molecule has 0 aliphatic carbocycles. The molecule has 1 aromatic carbocycles. The molecule has 1 amide bonds. The average molecular weight is 413 g/mol. The maximum absolute atomic E-state index is 13.5. The molecule has 156 valence electrons. The van der Waals surface area contributed by atoms with Crippen LogP contribution in [0, 0.1) is 13.8 Å². The van der Waals surface area contributed by atoms with Gasteiger partial charge in [-0.25, -0.2) is 8.78 Å². The van der Waals surface area contributed by atoms with E-state index in [1.807, 2.05) is 0 Å². The van der Waals surface area contributed by atoms with Crippen LogP contribution in [0.15, 0.2) is 30.5 Å². The number of aryl methyl sites for hydroxylation is 2. The number of hydrogen-bond acceptors (Lipinski definition) is 3. The lowest BCUT2D eigenvalue weighted by Gasteiger charge is -2.35. The van der Waals surface area contributed by atoms with E-state index >= 15 is 0 Å². The number of carbonyl (C=O) groups excluding carboxylic acids is 1. The first-order chi connectivity index (χ1) is 13.5. The SMILES string of the molecule is Cc1cc(NC(=O)c2cc(C)c(C(F)(F)F)cc2N2CCC(F)(F)CC2)ccn1. The molecule has 9 heteroatoms. The molecular weight excluding hydrogens is 393 g/mol. The number of hydrogen-bond donors (Lipinski definition) is 1. The Morgan fingerprint density at radius 3 is 2.38 bits per heavy atom. The predicted molar refractivity (Wildman–Crippen MR) is 99.5 cm³/mol. The second kappa shape index (κ2) is 7.61. The number of anilines is 2. The lowest BCUT2D eigenvalue weighted by atomic mass is 9.98. The highest BCUT2D eigenvalue weighted by Crippen LogP contribution is 2.38. The third kappa shape index (κ3) is 4.83. The lowest BCUT2D eigenvalue weighted by Crippen LogP contribution is -2.40. The number of nitrogens with zero attached hydrogens (tertiary/aromatic N) is 2. The fourth-order valence-electron chi connectivity index (χ4n) is 3.34. The number of rotatable bonds is 3. The number of pyridine rings is 1. The summed E-state index contributed by atoms with van der Waals surface area (Å²) in [7, 11) is 0. The Morgan fingerprint density at radius 1 is 1.14 bits per heavy atom. The number of nitrogens with one attached hydrogen (secondary N) is 1. The van der Waals surface area contributed by atoms with E-state index in [1.165, 1.54) is 18.0 Å². The molecule has 2 heterocycles. The van der Waals surface area contributed by atoms with Gasteiger partial charge in [-0.2, -0.15) is 13.2 Å². The van der Waals surface area contributed by atoms with Crippen LogP contribution < -0.4 is 10.2 Å². The van der Waals surface area contributed by atoms with Crippen molar-refractivity contribution >= 4 is 17.3 Å². The van der Waals surface area contributed by atoms with E-state index in [0.717, 1.165) is 12.1 Å². The number of benzene rings is 1. The summed E-state index contributed by atoms with van der Waals surface area (Å²) < 4.78 is 67.2. The van der Waals surface area contributed by atoms with Crippen LogP contribution in [0.1, 0.15) is 40.0 Å². The minimum atomic E-state index is -4.62. The molecule has 3 rings (SSSR count). The van der Waals surface area contributed by atoms with E-state index in [-0.39, 0.29) is 29.9 Å². The molecule has 1 saturated heterocycles. The Kier molecular flexibility index (Phi) is 5.51. The first kappa shape index (κ1) is 21.0. The average Bonchev–Trinajstić information content (AvgIpc) is 2.60. The predicted octanol–water partition coefficient (Wildman–Crippen LogP) is 5.21.